The van der Waals surface area contributed by atoms with Crippen LogP contribution in [-0.2, 0) is 4.79 Å². The summed E-state index contributed by atoms with van der Waals surface area (Å²) < 4.78 is 0. The summed E-state index contributed by atoms with van der Waals surface area (Å²) in [4.78, 5) is 11.7. The van der Waals surface area contributed by atoms with Crippen molar-refractivity contribution in [3.05, 3.63) is 65.2 Å². The first kappa shape index (κ1) is 15.5. The van der Waals surface area contributed by atoms with Crippen LogP contribution in [-0.4, -0.2) is 10.7 Å². The first-order valence-corrected chi connectivity index (χ1v) is 8.18. The third-order valence-corrected chi connectivity index (χ3v) is 5.66. The molecule has 0 aliphatic rings. The molecule has 0 heterocycles. The fourth-order valence-electron chi connectivity index (χ4n) is 1.72. The summed E-state index contributed by atoms with van der Waals surface area (Å²) in [6.07, 6.45) is 0. The third kappa shape index (κ3) is 4.08. The van der Waals surface area contributed by atoms with E-state index in [2.05, 4.69) is 37.2 Å². The molecule has 2 rings (SSSR count). The minimum atomic E-state index is -0.385. The van der Waals surface area contributed by atoms with Gasteiger partial charge in [0.05, 0.1) is 4.83 Å². The van der Waals surface area contributed by atoms with Crippen molar-refractivity contribution >= 4 is 55.1 Å². The molecule has 0 saturated carbocycles. The summed E-state index contributed by atoms with van der Waals surface area (Å²) >= 11 is 12.9. The maximum Gasteiger partial charge on any atom is 0.239 e. The zero-order chi connectivity index (χ0) is 14.5. The van der Waals surface area contributed by atoms with Gasteiger partial charge >= 0.3 is 0 Å². The molecule has 0 radical (unpaired) electrons. The molecule has 2 aromatic rings. The first-order valence-electron chi connectivity index (χ1n) is 5.97. The Morgan fingerprint density at radius 3 is 2.40 bits per heavy atom. The number of carbonyl (C=O) groups is 1. The highest BCUT2D eigenvalue weighted by Gasteiger charge is 2.24. The van der Waals surface area contributed by atoms with Crippen molar-refractivity contribution in [3.8, 4) is 0 Å². The van der Waals surface area contributed by atoms with E-state index < -0.39 is 0 Å². The molecule has 2 aromatic carbocycles. The molecule has 2 atom stereocenters. The Morgan fingerprint density at radius 2 is 1.75 bits per heavy atom. The molecule has 0 fully saturated rings. The Kier molecular flexibility index (Phi) is 5.64. The van der Waals surface area contributed by atoms with Crippen LogP contribution >= 0.6 is 43.5 Å². The number of alkyl halides is 2. The average Bonchev–Trinajstić information content (AvgIpc) is 2.46. The van der Waals surface area contributed by atoms with E-state index in [1.165, 1.54) is 0 Å². The quantitative estimate of drug-likeness (QED) is 0.683. The third-order valence-electron chi connectivity index (χ3n) is 2.72. The Morgan fingerprint density at radius 1 is 1.05 bits per heavy atom. The number of hydrogen-bond donors (Lipinski definition) is 1. The lowest BCUT2D eigenvalue weighted by atomic mass is 10.1. The van der Waals surface area contributed by atoms with Gasteiger partial charge in [0.1, 0.15) is 4.83 Å². The van der Waals surface area contributed by atoms with E-state index in [4.69, 9.17) is 11.6 Å². The number of benzene rings is 2. The number of anilines is 1. The molecule has 2 nitrogen and oxygen atoms in total. The van der Waals surface area contributed by atoms with Crippen molar-refractivity contribution in [1.82, 2.24) is 0 Å². The Balaban J connectivity index is 2.05. The Hall–Kier alpha value is -0.840. The van der Waals surface area contributed by atoms with Crippen molar-refractivity contribution in [2.24, 2.45) is 0 Å². The zero-order valence-corrected chi connectivity index (χ0v) is 14.3. The highest BCUT2D eigenvalue weighted by atomic mass is 79.9. The summed E-state index contributed by atoms with van der Waals surface area (Å²) in [5, 5.41) is 3.42. The number of nitrogens with one attached hydrogen (secondary N) is 1. The van der Waals surface area contributed by atoms with Crippen LogP contribution in [0, 0.1) is 0 Å². The molecule has 104 valence electrons. The standard InChI is InChI=1S/C15H12Br2ClNO/c16-13(10-5-2-1-3-6-10)14(17)15(20)19-12-8-4-7-11(18)9-12/h1-9,13-14H,(H,19,20)/t13-,14+/m0/s1. The highest BCUT2D eigenvalue weighted by Crippen LogP contribution is 2.31. The predicted molar refractivity (Wildman–Crippen MR) is 90.9 cm³/mol. The molecule has 0 aliphatic heterocycles. The van der Waals surface area contributed by atoms with Gasteiger partial charge in [-0.2, -0.15) is 0 Å². The van der Waals surface area contributed by atoms with Gasteiger partial charge in [-0.1, -0.05) is 79.9 Å². The Labute approximate surface area is 139 Å². The maximum absolute atomic E-state index is 12.2. The van der Waals surface area contributed by atoms with Gasteiger partial charge in [-0.15, -0.1) is 0 Å². The number of halogens is 3. The SMILES string of the molecule is O=C(Nc1cccc(Cl)c1)[C@H](Br)[C@@H](Br)c1ccccc1. The van der Waals surface area contributed by atoms with Crippen LogP contribution in [0.15, 0.2) is 54.6 Å². The summed E-state index contributed by atoms with van der Waals surface area (Å²) in [6, 6.07) is 16.8. The molecule has 5 heteroatoms. The fourth-order valence-corrected chi connectivity index (χ4v) is 2.87. The zero-order valence-electron chi connectivity index (χ0n) is 10.4. The smallest absolute Gasteiger partial charge is 0.239 e. The monoisotopic (exact) mass is 415 g/mol. The van der Waals surface area contributed by atoms with Gasteiger partial charge in [-0.05, 0) is 23.8 Å². The second kappa shape index (κ2) is 7.25. The lowest BCUT2D eigenvalue weighted by molar-refractivity contribution is -0.115. The van der Waals surface area contributed by atoms with Gasteiger partial charge in [0.15, 0.2) is 0 Å². The number of rotatable bonds is 4. The molecule has 0 spiro atoms. The van der Waals surface area contributed by atoms with Crippen LogP contribution in [0.2, 0.25) is 5.02 Å². The van der Waals surface area contributed by atoms with Crippen molar-refractivity contribution < 1.29 is 4.79 Å². The molecule has 20 heavy (non-hydrogen) atoms. The van der Waals surface area contributed by atoms with E-state index in [1.54, 1.807) is 24.3 Å². The van der Waals surface area contributed by atoms with E-state index in [0.717, 1.165) is 5.56 Å². The van der Waals surface area contributed by atoms with Crippen LogP contribution in [0.1, 0.15) is 10.4 Å². The molecule has 0 saturated heterocycles. The fraction of sp³-hybridized carbons (Fsp3) is 0.133. The Bertz CT molecular complexity index is 591. The summed E-state index contributed by atoms with van der Waals surface area (Å²) in [5.74, 6) is -0.127. The van der Waals surface area contributed by atoms with Gasteiger partial charge in [0.25, 0.3) is 0 Å². The second-order valence-electron chi connectivity index (χ2n) is 4.21. The van der Waals surface area contributed by atoms with Crippen molar-refractivity contribution in [2.45, 2.75) is 9.65 Å². The van der Waals surface area contributed by atoms with Crippen molar-refractivity contribution in [1.29, 1.82) is 0 Å². The number of amides is 1. The normalized spacial score (nSPS) is 13.6. The van der Waals surface area contributed by atoms with Crippen LogP contribution in [0.5, 0.6) is 0 Å². The van der Waals surface area contributed by atoms with Gasteiger partial charge in [-0.3, -0.25) is 4.79 Å². The van der Waals surface area contributed by atoms with Crippen LogP contribution in [0.25, 0.3) is 0 Å². The van der Waals surface area contributed by atoms with E-state index in [9.17, 15) is 4.79 Å². The molecular weight excluding hydrogens is 405 g/mol. The predicted octanol–water partition coefficient (Wildman–Crippen LogP) is 5.18. The molecule has 1 amide bonds. The van der Waals surface area contributed by atoms with Crippen molar-refractivity contribution in [3.63, 3.8) is 0 Å². The van der Waals surface area contributed by atoms with Crippen LogP contribution < -0.4 is 5.32 Å². The molecule has 0 unspecified atom stereocenters. The largest absolute Gasteiger partial charge is 0.325 e. The van der Waals surface area contributed by atoms with Crippen LogP contribution in [0.4, 0.5) is 5.69 Å². The molecular formula is C15H12Br2ClNO. The van der Waals surface area contributed by atoms with E-state index in [-0.39, 0.29) is 15.6 Å². The minimum absolute atomic E-state index is 0.108. The van der Waals surface area contributed by atoms with E-state index >= 15 is 0 Å². The van der Waals surface area contributed by atoms with E-state index in [1.807, 2.05) is 30.3 Å². The topological polar surface area (TPSA) is 29.1 Å². The summed E-state index contributed by atoms with van der Waals surface area (Å²) in [7, 11) is 0. The van der Waals surface area contributed by atoms with Gasteiger partial charge in [0, 0.05) is 10.7 Å². The number of carbonyl (C=O) groups excluding carboxylic acids is 1. The summed E-state index contributed by atoms with van der Waals surface area (Å²) in [5.41, 5.74) is 1.72. The van der Waals surface area contributed by atoms with Crippen LogP contribution in [0.3, 0.4) is 0 Å². The first-order chi connectivity index (χ1) is 9.58. The lowest BCUT2D eigenvalue weighted by Crippen LogP contribution is -2.26. The molecule has 0 bridgehead atoms. The van der Waals surface area contributed by atoms with Gasteiger partial charge in [-0.25, -0.2) is 0 Å². The van der Waals surface area contributed by atoms with Gasteiger partial charge in [0.2, 0.25) is 5.91 Å². The van der Waals surface area contributed by atoms with Crippen molar-refractivity contribution in [2.75, 3.05) is 5.32 Å². The average molecular weight is 418 g/mol. The summed E-state index contributed by atoms with van der Waals surface area (Å²) in [6.45, 7) is 0. The molecule has 1 N–H and O–H groups in total. The van der Waals surface area contributed by atoms with Gasteiger partial charge < -0.3 is 5.32 Å². The second-order valence-corrected chi connectivity index (χ2v) is 6.62. The number of hydrogen-bond acceptors (Lipinski definition) is 1. The maximum atomic E-state index is 12.2. The van der Waals surface area contributed by atoms with E-state index in [0.29, 0.717) is 10.7 Å². The lowest BCUT2D eigenvalue weighted by Gasteiger charge is -2.17. The molecule has 0 aromatic heterocycles. The molecule has 0 aliphatic carbocycles. The highest BCUT2D eigenvalue weighted by molar-refractivity contribution is 9.12. The minimum Gasteiger partial charge on any atom is -0.325 e.